The van der Waals surface area contributed by atoms with Crippen molar-refractivity contribution in [3.05, 3.63) is 28.7 Å². The van der Waals surface area contributed by atoms with E-state index in [-0.39, 0.29) is 35.9 Å². The maximum absolute atomic E-state index is 12.5. The first-order valence-corrected chi connectivity index (χ1v) is 11.4. The third-order valence-electron chi connectivity index (χ3n) is 4.79. The number of hydrogen-bond acceptors (Lipinski definition) is 9. The lowest BCUT2D eigenvalue weighted by Crippen LogP contribution is -2.49. The summed E-state index contributed by atoms with van der Waals surface area (Å²) in [7, 11) is -3.15. The number of amides is 1. The third kappa shape index (κ3) is 5.70. The van der Waals surface area contributed by atoms with Crippen LogP contribution >= 0.6 is 0 Å². The first-order chi connectivity index (χ1) is 14.2. The number of aromatic nitrogens is 4. The number of hydrogen-bond donors (Lipinski definition) is 1. The SMILES string of the molecule is Cc1noc(-c2cncn(CCC(=O)NCCN3CCN(S(C)(=O)=O)CC3)c2=O)n1. The van der Waals surface area contributed by atoms with Crippen molar-refractivity contribution in [3.8, 4) is 11.5 Å². The molecule has 0 radical (unpaired) electrons. The van der Waals surface area contributed by atoms with Gasteiger partial charge in [0.25, 0.3) is 11.4 Å². The predicted octanol–water partition coefficient (Wildman–Crippen LogP) is -1.31. The molecule has 2 aromatic heterocycles. The number of carbonyl (C=O) groups is 1. The quantitative estimate of drug-likeness (QED) is 0.530. The highest BCUT2D eigenvalue weighted by Gasteiger charge is 2.23. The molecule has 1 aliphatic heterocycles. The van der Waals surface area contributed by atoms with Gasteiger partial charge in [0.1, 0.15) is 5.56 Å². The van der Waals surface area contributed by atoms with E-state index in [9.17, 15) is 18.0 Å². The minimum absolute atomic E-state index is 0.0970. The second kappa shape index (κ2) is 9.45. The maximum Gasteiger partial charge on any atom is 0.266 e. The zero-order valence-corrected chi connectivity index (χ0v) is 17.8. The Bertz CT molecular complexity index is 1040. The van der Waals surface area contributed by atoms with Crippen LogP contribution in [0.25, 0.3) is 11.5 Å². The average Bonchev–Trinajstić information content (AvgIpc) is 3.13. The molecule has 13 heteroatoms. The zero-order valence-electron chi connectivity index (χ0n) is 16.9. The van der Waals surface area contributed by atoms with Crippen LogP contribution in [0.3, 0.4) is 0 Å². The van der Waals surface area contributed by atoms with Gasteiger partial charge in [0.05, 0.1) is 12.6 Å². The Balaban J connectivity index is 1.43. The fourth-order valence-electron chi connectivity index (χ4n) is 3.11. The summed E-state index contributed by atoms with van der Waals surface area (Å²) in [4.78, 5) is 34.8. The number of nitrogens with one attached hydrogen (secondary N) is 1. The summed E-state index contributed by atoms with van der Waals surface area (Å²) in [6, 6.07) is 0. The smallest absolute Gasteiger partial charge is 0.266 e. The molecule has 0 bridgehead atoms. The highest BCUT2D eigenvalue weighted by atomic mass is 32.2. The van der Waals surface area contributed by atoms with Gasteiger partial charge >= 0.3 is 0 Å². The summed E-state index contributed by atoms with van der Waals surface area (Å²) in [6.45, 7) is 5.08. The summed E-state index contributed by atoms with van der Waals surface area (Å²) < 4.78 is 30.8. The van der Waals surface area contributed by atoms with Gasteiger partial charge in [-0.2, -0.15) is 9.29 Å². The topological polar surface area (TPSA) is 144 Å². The van der Waals surface area contributed by atoms with Crippen LogP contribution in [-0.4, -0.2) is 88.7 Å². The molecule has 164 valence electrons. The van der Waals surface area contributed by atoms with Crippen molar-refractivity contribution in [2.24, 2.45) is 0 Å². The molecule has 0 atom stereocenters. The molecule has 1 aliphatic rings. The molecule has 3 rings (SSSR count). The molecule has 2 aromatic rings. The van der Waals surface area contributed by atoms with Crippen molar-refractivity contribution < 1.29 is 17.7 Å². The van der Waals surface area contributed by atoms with Crippen LogP contribution in [0.5, 0.6) is 0 Å². The molecule has 1 amide bonds. The third-order valence-corrected chi connectivity index (χ3v) is 6.09. The molecular formula is C17H25N7O5S. The van der Waals surface area contributed by atoms with Gasteiger partial charge in [-0.3, -0.25) is 19.1 Å². The maximum atomic E-state index is 12.5. The number of nitrogens with zero attached hydrogens (tertiary/aromatic N) is 6. The lowest BCUT2D eigenvalue weighted by atomic mass is 10.3. The van der Waals surface area contributed by atoms with Gasteiger partial charge in [0, 0.05) is 58.4 Å². The summed E-state index contributed by atoms with van der Waals surface area (Å²) in [5.74, 6) is 0.326. The molecule has 12 nitrogen and oxygen atoms in total. The van der Waals surface area contributed by atoms with Gasteiger partial charge in [-0.05, 0) is 6.92 Å². The van der Waals surface area contributed by atoms with Gasteiger partial charge in [-0.1, -0.05) is 5.16 Å². The van der Waals surface area contributed by atoms with Crippen LogP contribution in [0.1, 0.15) is 12.2 Å². The van der Waals surface area contributed by atoms with Crippen molar-refractivity contribution in [2.75, 3.05) is 45.5 Å². The Hall–Kier alpha value is -2.64. The molecule has 0 unspecified atom stereocenters. The molecule has 1 saturated heterocycles. The van der Waals surface area contributed by atoms with E-state index in [1.165, 1.54) is 27.7 Å². The number of rotatable bonds is 8. The summed E-state index contributed by atoms with van der Waals surface area (Å²) in [5.41, 5.74) is -0.169. The largest absolute Gasteiger partial charge is 0.355 e. The Kier molecular flexibility index (Phi) is 6.95. The van der Waals surface area contributed by atoms with Crippen molar-refractivity contribution in [2.45, 2.75) is 19.9 Å². The van der Waals surface area contributed by atoms with Crippen LogP contribution in [-0.2, 0) is 21.4 Å². The number of carbonyl (C=O) groups excluding carboxylic acids is 1. The Morgan fingerprint density at radius 3 is 2.60 bits per heavy atom. The first-order valence-electron chi connectivity index (χ1n) is 9.53. The zero-order chi connectivity index (χ0) is 21.7. The summed E-state index contributed by atoms with van der Waals surface area (Å²) >= 11 is 0. The predicted molar refractivity (Wildman–Crippen MR) is 107 cm³/mol. The summed E-state index contributed by atoms with van der Waals surface area (Å²) in [6.07, 6.45) is 4.05. The van der Waals surface area contributed by atoms with E-state index in [1.54, 1.807) is 6.92 Å². The van der Waals surface area contributed by atoms with Crippen molar-refractivity contribution in [1.29, 1.82) is 0 Å². The number of aryl methyl sites for hydroxylation is 2. The van der Waals surface area contributed by atoms with E-state index < -0.39 is 10.0 Å². The monoisotopic (exact) mass is 439 g/mol. The van der Waals surface area contributed by atoms with Gasteiger partial charge in [0.15, 0.2) is 5.82 Å². The second-order valence-electron chi connectivity index (χ2n) is 7.06. The lowest BCUT2D eigenvalue weighted by Gasteiger charge is -2.33. The van der Waals surface area contributed by atoms with Gasteiger partial charge < -0.3 is 9.84 Å². The molecule has 3 heterocycles. The number of sulfonamides is 1. The van der Waals surface area contributed by atoms with Crippen LogP contribution < -0.4 is 10.9 Å². The van der Waals surface area contributed by atoms with E-state index in [0.717, 1.165) is 0 Å². The van der Waals surface area contributed by atoms with E-state index in [4.69, 9.17) is 4.52 Å². The molecule has 30 heavy (non-hydrogen) atoms. The average molecular weight is 439 g/mol. The molecule has 0 aliphatic carbocycles. The minimum Gasteiger partial charge on any atom is -0.355 e. The van der Waals surface area contributed by atoms with Crippen LogP contribution in [0, 0.1) is 6.92 Å². The van der Waals surface area contributed by atoms with Gasteiger partial charge in [-0.25, -0.2) is 13.4 Å². The first kappa shape index (κ1) is 22.1. The van der Waals surface area contributed by atoms with E-state index in [0.29, 0.717) is 45.1 Å². The van der Waals surface area contributed by atoms with Crippen LogP contribution in [0.15, 0.2) is 21.8 Å². The highest BCUT2D eigenvalue weighted by molar-refractivity contribution is 7.88. The Labute approximate surface area is 173 Å². The van der Waals surface area contributed by atoms with E-state index in [1.807, 2.05) is 0 Å². The van der Waals surface area contributed by atoms with Crippen LogP contribution in [0.2, 0.25) is 0 Å². The second-order valence-corrected chi connectivity index (χ2v) is 9.04. The molecule has 0 saturated carbocycles. The van der Waals surface area contributed by atoms with E-state index in [2.05, 4.69) is 25.3 Å². The molecule has 0 aromatic carbocycles. The van der Waals surface area contributed by atoms with Crippen LogP contribution in [0.4, 0.5) is 0 Å². The number of piperazine rings is 1. The van der Waals surface area contributed by atoms with E-state index >= 15 is 0 Å². The molecule has 1 N–H and O–H groups in total. The highest BCUT2D eigenvalue weighted by Crippen LogP contribution is 2.10. The van der Waals surface area contributed by atoms with Crippen molar-refractivity contribution >= 4 is 15.9 Å². The van der Waals surface area contributed by atoms with Crippen molar-refractivity contribution in [3.63, 3.8) is 0 Å². The molecule has 0 spiro atoms. The van der Waals surface area contributed by atoms with Gasteiger partial charge in [0.2, 0.25) is 15.9 Å². The van der Waals surface area contributed by atoms with Crippen molar-refractivity contribution in [1.82, 2.24) is 34.2 Å². The minimum atomic E-state index is -3.15. The molecular weight excluding hydrogens is 414 g/mol. The summed E-state index contributed by atoms with van der Waals surface area (Å²) in [5, 5.41) is 6.49. The Morgan fingerprint density at radius 2 is 1.97 bits per heavy atom. The van der Waals surface area contributed by atoms with Gasteiger partial charge in [-0.15, -0.1) is 0 Å². The Morgan fingerprint density at radius 1 is 1.23 bits per heavy atom. The lowest BCUT2D eigenvalue weighted by molar-refractivity contribution is -0.121. The molecule has 1 fully saturated rings. The fraction of sp³-hybridized carbons (Fsp3) is 0.588. The normalized spacial score (nSPS) is 15.9. The fourth-order valence-corrected chi connectivity index (χ4v) is 3.94. The standard InChI is InChI=1S/C17H25N7O5S/c1-13-20-16(29-21-13)14-11-18-12-23(17(14)26)5-3-15(25)19-4-6-22-7-9-24(10-8-22)30(2,27)28/h11-12H,3-10H2,1-2H3,(H,19,25).